The molecular weight excluding hydrogens is 266 g/mol. The molecule has 1 fully saturated rings. The summed E-state index contributed by atoms with van der Waals surface area (Å²) in [6.45, 7) is 1.94. The highest BCUT2D eigenvalue weighted by Crippen LogP contribution is 2.48. The lowest BCUT2D eigenvalue weighted by atomic mass is 10.0. The highest BCUT2D eigenvalue weighted by molar-refractivity contribution is 9.10. The highest BCUT2D eigenvalue weighted by atomic mass is 79.9. The van der Waals surface area contributed by atoms with Gasteiger partial charge in [0.05, 0.1) is 6.61 Å². The van der Waals surface area contributed by atoms with Crippen molar-refractivity contribution in [2.75, 3.05) is 20.2 Å². The van der Waals surface area contributed by atoms with Gasteiger partial charge in [0.1, 0.15) is 5.75 Å². The summed E-state index contributed by atoms with van der Waals surface area (Å²) in [4.78, 5) is 0. The fraction of sp³-hybridized carbons (Fsp3) is 0.538. The van der Waals surface area contributed by atoms with Crippen LogP contribution in [0.3, 0.4) is 0 Å². The molecule has 0 unspecified atom stereocenters. The molecule has 0 saturated heterocycles. The molecule has 0 radical (unpaired) electrons. The predicted molar refractivity (Wildman–Crippen MR) is 69.8 cm³/mol. The van der Waals surface area contributed by atoms with Gasteiger partial charge in [-0.3, -0.25) is 0 Å². The van der Waals surface area contributed by atoms with Crippen molar-refractivity contribution in [2.45, 2.75) is 19.3 Å². The van der Waals surface area contributed by atoms with Gasteiger partial charge < -0.3 is 10.1 Å². The number of hydrogen-bond acceptors (Lipinski definition) is 2. The van der Waals surface area contributed by atoms with Crippen molar-refractivity contribution >= 4 is 15.9 Å². The molecule has 0 aliphatic heterocycles. The van der Waals surface area contributed by atoms with Crippen LogP contribution in [0.4, 0.5) is 0 Å². The first-order valence-electron chi connectivity index (χ1n) is 5.77. The Morgan fingerprint density at radius 3 is 2.56 bits per heavy atom. The molecule has 1 aliphatic rings. The average molecular weight is 284 g/mol. The Morgan fingerprint density at radius 2 is 2.00 bits per heavy atom. The van der Waals surface area contributed by atoms with Crippen LogP contribution in [-0.4, -0.2) is 20.2 Å². The second kappa shape index (κ2) is 5.19. The van der Waals surface area contributed by atoms with Crippen molar-refractivity contribution in [2.24, 2.45) is 5.41 Å². The van der Waals surface area contributed by atoms with Crippen molar-refractivity contribution < 1.29 is 4.74 Å². The number of halogens is 1. The second-order valence-electron chi connectivity index (χ2n) is 4.58. The van der Waals surface area contributed by atoms with Crippen LogP contribution in [-0.2, 0) is 0 Å². The van der Waals surface area contributed by atoms with E-state index in [0.29, 0.717) is 5.41 Å². The van der Waals surface area contributed by atoms with Gasteiger partial charge in [-0.25, -0.2) is 0 Å². The topological polar surface area (TPSA) is 21.3 Å². The molecule has 1 N–H and O–H groups in total. The Bertz CT molecular complexity index is 332. The van der Waals surface area contributed by atoms with Gasteiger partial charge in [-0.05, 0) is 56.0 Å². The van der Waals surface area contributed by atoms with E-state index in [-0.39, 0.29) is 0 Å². The number of hydrogen-bond donors (Lipinski definition) is 1. The molecule has 0 amide bonds. The molecule has 0 atom stereocenters. The summed E-state index contributed by atoms with van der Waals surface area (Å²) in [5.41, 5.74) is 0.532. The number of benzene rings is 1. The van der Waals surface area contributed by atoms with Crippen LogP contribution >= 0.6 is 15.9 Å². The SMILES string of the molecule is CNCC1(CCOc2ccc(Br)cc2)CC1. The predicted octanol–water partition coefficient (Wildman–Crippen LogP) is 3.22. The molecule has 2 rings (SSSR count). The molecule has 0 bridgehead atoms. The van der Waals surface area contributed by atoms with Gasteiger partial charge in [0, 0.05) is 11.0 Å². The molecule has 0 aromatic heterocycles. The van der Waals surface area contributed by atoms with E-state index in [1.54, 1.807) is 0 Å². The summed E-state index contributed by atoms with van der Waals surface area (Å²) in [6, 6.07) is 8.02. The van der Waals surface area contributed by atoms with Gasteiger partial charge in [0.25, 0.3) is 0 Å². The molecule has 1 aliphatic carbocycles. The molecule has 88 valence electrons. The van der Waals surface area contributed by atoms with Gasteiger partial charge in [-0.1, -0.05) is 15.9 Å². The van der Waals surface area contributed by atoms with Gasteiger partial charge in [-0.2, -0.15) is 0 Å². The average Bonchev–Trinajstić information content (AvgIpc) is 3.02. The van der Waals surface area contributed by atoms with Gasteiger partial charge in [-0.15, -0.1) is 0 Å². The van der Waals surface area contributed by atoms with Gasteiger partial charge in [0.2, 0.25) is 0 Å². The third-order valence-electron chi connectivity index (χ3n) is 3.22. The van der Waals surface area contributed by atoms with E-state index >= 15 is 0 Å². The van der Waals surface area contributed by atoms with Crippen molar-refractivity contribution in [3.63, 3.8) is 0 Å². The summed E-state index contributed by atoms with van der Waals surface area (Å²) in [5.74, 6) is 0.962. The number of rotatable bonds is 6. The van der Waals surface area contributed by atoms with Crippen molar-refractivity contribution in [3.8, 4) is 5.75 Å². The minimum atomic E-state index is 0.532. The molecule has 16 heavy (non-hydrogen) atoms. The Balaban J connectivity index is 1.74. The second-order valence-corrected chi connectivity index (χ2v) is 5.50. The minimum Gasteiger partial charge on any atom is -0.494 e. The maximum absolute atomic E-state index is 5.73. The summed E-state index contributed by atoms with van der Waals surface area (Å²) in [5, 5.41) is 3.26. The highest BCUT2D eigenvalue weighted by Gasteiger charge is 2.41. The van der Waals surface area contributed by atoms with Crippen LogP contribution in [0.25, 0.3) is 0 Å². The third kappa shape index (κ3) is 3.22. The standard InChI is InChI=1S/C13H18BrNO/c1-15-10-13(6-7-13)8-9-16-12-4-2-11(14)3-5-12/h2-5,15H,6-10H2,1H3. The van der Waals surface area contributed by atoms with Crippen molar-refractivity contribution in [1.29, 1.82) is 0 Å². The first kappa shape index (κ1) is 11.9. The largest absolute Gasteiger partial charge is 0.494 e. The van der Waals surface area contributed by atoms with E-state index in [9.17, 15) is 0 Å². The van der Waals surface area contributed by atoms with Crippen LogP contribution < -0.4 is 10.1 Å². The monoisotopic (exact) mass is 283 g/mol. The van der Waals surface area contributed by atoms with E-state index in [2.05, 4.69) is 21.2 Å². The lowest BCUT2D eigenvalue weighted by molar-refractivity contribution is 0.267. The van der Waals surface area contributed by atoms with E-state index < -0.39 is 0 Å². The lowest BCUT2D eigenvalue weighted by Gasteiger charge is -2.14. The molecule has 1 aromatic carbocycles. The van der Waals surface area contributed by atoms with Crippen LogP contribution in [0.5, 0.6) is 5.75 Å². The molecule has 1 saturated carbocycles. The zero-order valence-electron chi connectivity index (χ0n) is 9.63. The van der Waals surface area contributed by atoms with E-state index in [1.165, 1.54) is 12.8 Å². The molecule has 3 heteroatoms. The summed E-state index contributed by atoms with van der Waals surface area (Å²) < 4.78 is 6.83. The first-order chi connectivity index (χ1) is 7.74. The first-order valence-corrected chi connectivity index (χ1v) is 6.56. The molecule has 0 heterocycles. The smallest absolute Gasteiger partial charge is 0.119 e. The van der Waals surface area contributed by atoms with Crippen molar-refractivity contribution in [1.82, 2.24) is 5.32 Å². The molecular formula is C13H18BrNO. The Kier molecular flexibility index (Phi) is 3.87. The van der Waals surface area contributed by atoms with Crippen LogP contribution in [0.15, 0.2) is 28.7 Å². The minimum absolute atomic E-state index is 0.532. The van der Waals surface area contributed by atoms with Crippen LogP contribution in [0, 0.1) is 5.41 Å². The fourth-order valence-corrected chi connectivity index (χ4v) is 2.25. The van der Waals surface area contributed by atoms with E-state index in [0.717, 1.165) is 29.8 Å². The molecule has 1 aromatic rings. The Morgan fingerprint density at radius 1 is 1.31 bits per heavy atom. The number of ether oxygens (including phenoxy) is 1. The Hall–Kier alpha value is -0.540. The zero-order chi connectivity index (χ0) is 11.4. The maximum Gasteiger partial charge on any atom is 0.119 e. The van der Waals surface area contributed by atoms with Crippen LogP contribution in [0.2, 0.25) is 0 Å². The lowest BCUT2D eigenvalue weighted by Crippen LogP contribution is -2.21. The summed E-state index contributed by atoms with van der Waals surface area (Å²) >= 11 is 3.41. The van der Waals surface area contributed by atoms with Gasteiger partial charge >= 0.3 is 0 Å². The zero-order valence-corrected chi connectivity index (χ0v) is 11.2. The number of nitrogens with one attached hydrogen (secondary N) is 1. The van der Waals surface area contributed by atoms with Crippen molar-refractivity contribution in [3.05, 3.63) is 28.7 Å². The molecule has 0 spiro atoms. The van der Waals surface area contributed by atoms with E-state index in [4.69, 9.17) is 4.74 Å². The normalized spacial score (nSPS) is 17.1. The summed E-state index contributed by atoms with van der Waals surface area (Å²) in [7, 11) is 2.02. The quantitative estimate of drug-likeness (QED) is 0.866. The van der Waals surface area contributed by atoms with Crippen LogP contribution in [0.1, 0.15) is 19.3 Å². The fourth-order valence-electron chi connectivity index (χ4n) is 1.98. The Labute approximate surface area is 106 Å². The maximum atomic E-state index is 5.73. The van der Waals surface area contributed by atoms with E-state index in [1.807, 2.05) is 31.3 Å². The molecule has 2 nitrogen and oxygen atoms in total. The third-order valence-corrected chi connectivity index (χ3v) is 3.75. The summed E-state index contributed by atoms with van der Waals surface area (Å²) in [6.07, 6.45) is 3.85. The van der Waals surface area contributed by atoms with Gasteiger partial charge in [0.15, 0.2) is 0 Å².